The molecule has 0 fully saturated rings. The van der Waals surface area contributed by atoms with Crippen LogP contribution in [0.5, 0.6) is 0 Å². The topological polar surface area (TPSA) is 67.6 Å². The average molecular weight is 200 g/mol. The summed E-state index contributed by atoms with van der Waals surface area (Å²) in [6.07, 6.45) is 0.753. The maximum absolute atomic E-state index is 5.39. The van der Waals surface area contributed by atoms with E-state index in [4.69, 9.17) is 5.73 Å². The van der Waals surface area contributed by atoms with Crippen molar-refractivity contribution >= 4 is 11.8 Å². The van der Waals surface area contributed by atoms with Crippen LogP contribution >= 0.6 is 11.8 Å². The van der Waals surface area contributed by atoms with E-state index in [1.165, 1.54) is 0 Å². The van der Waals surface area contributed by atoms with E-state index >= 15 is 0 Å². The summed E-state index contributed by atoms with van der Waals surface area (Å²) in [4.78, 5) is 4.30. The molecule has 0 aliphatic heterocycles. The predicted octanol–water partition coefficient (Wildman–Crippen LogP) is 0.948. The summed E-state index contributed by atoms with van der Waals surface area (Å²) < 4.78 is 0. The summed E-state index contributed by atoms with van der Waals surface area (Å²) in [6, 6.07) is 0. The van der Waals surface area contributed by atoms with Gasteiger partial charge in [0.15, 0.2) is 5.82 Å². The Hall–Kier alpha value is -0.550. The smallest absolute Gasteiger partial charge is 0.151 e. The van der Waals surface area contributed by atoms with Crippen LogP contribution in [-0.2, 0) is 12.2 Å². The molecule has 0 aliphatic carbocycles. The van der Waals surface area contributed by atoms with Gasteiger partial charge in [-0.25, -0.2) is 4.98 Å². The van der Waals surface area contributed by atoms with Crippen molar-refractivity contribution < 1.29 is 0 Å². The monoisotopic (exact) mass is 200 g/mol. The molecule has 1 aromatic heterocycles. The van der Waals surface area contributed by atoms with E-state index in [9.17, 15) is 0 Å². The number of H-pyrrole nitrogens is 1. The highest BCUT2D eigenvalue weighted by molar-refractivity contribution is 7.99. The number of rotatable bonds is 5. The molecule has 0 radical (unpaired) electrons. The van der Waals surface area contributed by atoms with Gasteiger partial charge in [0.1, 0.15) is 5.82 Å². The molecule has 1 heterocycles. The second kappa shape index (κ2) is 5.24. The molecular formula is C8H16N4S. The van der Waals surface area contributed by atoms with Crippen molar-refractivity contribution in [2.75, 3.05) is 6.54 Å². The van der Waals surface area contributed by atoms with Crippen LogP contribution in [0.2, 0.25) is 0 Å². The summed E-state index contributed by atoms with van der Waals surface area (Å²) in [5.74, 6) is 2.67. The molecule has 74 valence electrons. The third-order valence-corrected chi connectivity index (χ3v) is 2.61. The van der Waals surface area contributed by atoms with Crippen molar-refractivity contribution in [1.82, 2.24) is 15.2 Å². The maximum atomic E-state index is 5.39. The van der Waals surface area contributed by atoms with Crippen LogP contribution in [0, 0.1) is 0 Å². The molecule has 5 heteroatoms. The second-order valence-electron chi connectivity index (χ2n) is 3.10. The van der Waals surface area contributed by atoms with Crippen LogP contribution in [0.1, 0.15) is 25.5 Å². The first-order chi connectivity index (χ1) is 6.22. The molecule has 0 aromatic carbocycles. The Morgan fingerprint density at radius 2 is 2.31 bits per heavy atom. The number of nitrogens with zero attached hydrogens (tertiary/aromatic N) is 2. The van der Waals surface area contributed by atoms with Gasteiger partial charge in [-0.15, -0.1) is 0 Å². The van der Waals surface area contributed by atoms with Gasteiger partial charge in [-0.1, -0.05) is 13.8 Å². The first-order valence-electron chi connectivity index (χ1n) is 4.44. The molecule has 0 amide bonds. The third-order valence-electron chi connectivity index (χ3n) is 1.50. The van der Waals surface area contributed by atoms with Crippen molar-refractivity contribution in [1.29, 1.82) is 0 Å². The van der Waals surface area contributed by atoms with Gasteiger partial charge < -0.3 is 5.73 Å². The summed E-state index contributed by atoms with van der Waals surface area (Å²) in [7, 11) is 0. The number of hydrogen-bond donors (Lipinski definition) is 2. The number of aromatic nitrogens is 3. The number of hydrogen-bond acceptors (Lipinski definition) is 4. The molecule has 0 atom stereocenters. The highest BCUT2D eigenvalue weighted by Gasteiger charge is 2.03. The van der Waals surface area contributed by atoms with Crippen molar-refractivity contribution in [3.8, 4) is 0 Å². The zero-order valence-corrected chi connectivity index (χ0v) is 8.90. The van der Waals surface area contributed by atoms with Crippen LogP contribution in [0.4, 0.5) is 0 Å². The first kappa shape index (κ1) is 10.5. The lowest BCUT2D eigenvalue weighted by Gasteiger charge is -2.00. The Balaban J connectivity index is 2.39. The van der Waals surface area contributed by atoms with Crippen molar-refractivity contribution in [3.05, 3.63) is 11.6 Å². The molecule has 13 heavy (non-hydrogen) atoms. The highest BCUT2D eigenvalue weighted by Crippen LogP contribution is 2.13. The van der Waals surface area contributed by atoms with Crippen LogP contribution in [-0.4, -0.2) is 27.0 Å². The predicted molar refractivity (Wildman–Crippen MR) is 55.6 cm³/mol. The van der Waals surface area contributed by atoms with E-state index in [-0.39, 0.29) is 0 Å². The van der Waals surface area contributed by atoms with Gasteiger partial charge in [0, 0.05) is 6.42 Å². The summed E-state index contributed by atoms with van der Waals surface area (Å²) in [6.45, 7) is 4.94. The lowest BCUT2D eigenvalue weighted by Crippen LogP contribution is -2.04. The quantitative estimate of drug-likeness (QED) is 0.742. The third kappa shape index (κ3) is 3.78. The largest absolute Gasteiger partial charge is 0.330 e. The Kier molecular flexibility index (Phi) is 4.24. The SMILES string of the molecule is CC(C)SCc1nc(CCN)n[nH]1. The Morgan fingerprint density at radius 1 is 1.54 bits per heavy atom. The Labute approximate surface area is 82.7 Å². The first-order valence-corrected chi connectivity index (χ1v) is 5.49. The van der Waals surface area contributed by atoms with Crippen LogP contribution in [0.25, 0.3) is 0 Å². The standard InChI is InChI=1S/C8H16N4S/c1-6(2)13-5-8-10-7(3-4-9)11-12-8/h6H,3-5,9H2,1-2H3,(H,10,11,12). The van der Waals surface area contributed by atoms with Gasteiger partial charge in [-0.2, -0.15) is 16.9 Å². The van der Waals surface area contributed by atoms with Crippen molar-refractivity contribution in [2.24, 2.45) is 5.73 Å². The lowest BCUT2D eigenvalue weighted by atomic mass is 10.4. The fraction of sp³-hybridized carbons (Fsp3) is 0.750. The van der Waals surface area contributed by atoms with Crippen molar-refractivity contribution in [2.45, 2.75) is 31.3 Å². The zero-order chi connectivity index (χ0) is 9.68. The van der Waals surface area contributed by atoms with Crippen molar-refractivity contribution in [3.63, 3.8) is 0 Å². The summed E-state index contributed by atoms with van der Waals surface area (Å²) in [5.41, 5.74) is 5.39. The molecule has 0 unspecified atom stereocenters. The molecule has 0 saturated carbocycles. The van der Waals surface area contributed by atoms with E-state index in [2.05, 4.69) is 29.0 Å². The molecule has 4 nitrogen and oxygen atoms in total. The maximum Gasteiger partial charge on any atom is 0.151 e. The van der Waals surface area contributed by atoms with Crippen LogP contribution in [0.15, 0.2) is 0 Å². The molecule has 1 aromatic rings. The minimum atomic E-state index is 0.606. The van der Waals surface area contributed by atoms with E-state index < -0.39 is 0 Å². The van der Waals surface area contributed by atoms with Gasteiger partial charge in [0.2, 0.25) is 0 Å². The van der Waals surface area contributed by atoms with Gasteiger partial charge in [0.25, 0.3) is 0 Å². The fourth-order valence-electron chi connectivity index (χ4n) is 0.886. The number of aromatic amines is 1. The highest BCUT2D eigenvalue weighted by atomic mass is 32.2. The number of nitrogens with one attached hydrogen (secondary N) is 1. The van der Waals surface area contributed by atoms with E-state index in [1.807, 2.05) is 11.8 Å². The van der Waals surface area contributed by atoms with Gasteiger partial charge in [-0.05, 0) is 11.8 Å². The normalized spacial score (nSPS) is 11.1. The zero-order valence-electron chi connectivity index (χ0n) is 8.08. The average Bonchev–Trinajstić information content (AvgIpc) is 2.50. The Morgan fingerprint density at radius 3 is 2.92 bits per heavy atom. The molecule has 1 rings (SSSR count). The molecule has 0 saturated heterocycles. The summed E-state index contributed by atoms with van der Waals surface area (Å²) in [5, 5.41) is 7.59. The lowest BCUT2D eigenvalue weighted by molar-refractivity contribution is 0.874. The molecular weight excluding hydrogens is 184 g/mol. The van der Waals surface area contributed by atoms with Gasteiger partial charge in [0.05, 0.1) is 5.75 Å². The molecule has 0 bridgehead atoms. The molecule has 0 aliphatic rings. The molecule has 0 spiro atoms. The van der Waals surface area contributed by atoms with E-state index in [0.717, 1.165) is 23.8 Å². The number of nitrogens with two attached hydrogens (primary N) is 1. The second-order valence-corrected chi connectivity index (χ2v) is 4.66. The minimum Gasteiger partial charge on any atom is -0.330 e. The van der Waals surface area contributed by atoms with E-state index in [0.29, 0.717) is 11.8 Å². The minimum absolute atomic E-state index is 0.606. The summed E-state index contributed by atoms with van der Waals surface area (Å²) >= 11 is 1.85. The number of thioether (sulfide) groups is 1. The fourth-order valence-corrected chi connectivity index (χ4v) is 1.51. The van der Waals surface area contributed by atoms with E-state index in [1.54, 1.807) is 0 Å². The van der Waals surface area contributed by atoms with Gasteiger partial charge in [-0.3, -0.25) is 5.10 Å². The Bertz CT molecular complexity index is 246. The van der Waals surface area contributed by atoms with Crippen LogP contribution in [0.3, 0.4) is 0 Å². The van der Waals surface area contributed by atoms with Crippen LogP contribution < -0.4 is 5.73 Å². The van der Waals surface area contributed by atoms with Gasteiger partial charge >= 0.3 is 0 Å². The molecule has 3 N–H and O–H groups in total.